The number of pyridine rings is 1. The molecule has 0 radical (unpaired) electrons. The zero-order chi connectivity index (χ0) is 14.0. The number of nitrogens with zero attached hydrogens (tertiary/aromatic N) is 1. The van der Waals surface area contributed by atoms with Gasteiger partial charge < -0.3 is 0 Å². The predicted molar refractivity (Wildman–Crippen MR) is 75.7 cm³/mol. The number of hydrogen-bond donors (Lipinski definition) is 1. The molecule has 19 heavy (non-hydrogen) atoms. The summed E-state index contributed by atoms with van der Waals surface area (Å²) in [6, 6.07) is 10.5. The lowest BCUT2D eigenvalue weighted by Crippen LogP contribution is -2.15. The lowest BCUT2D eigenvalue weighted by molar-refractivity contribution is 0.600. The van der Waals surface area contributed by atoms with Gasteiger partial charge >= 0.3 is 0 Å². The molecule has 0 fully saturated rings. The predicted octanol–water partition coefficient (Wildman–Crippen LogP) is 2.81. The van der Waals surface area contributed by atoms with Crippen molar-refractivity contribution in [2.45, 2.75) is 25.7 Å². The average Bonchev–Trinajstić information content (AvgIpc) is 2.27. The van der Waals surface area contributed by atoms with Crippen LogP contribution in [0.25, 0.3) is 0 Å². The summed E-state index contributed by atoms with van der Waals surface area (Å²) in [5, 5.41) is 0. The molecule has 0 aliphatic rings. The number of hydrogen-bond acceptors (Lipinski definition) is 3. The van der Waals surface area contributed by atoms with Crippen LogP contribution in [0.15, 0.2) is 41.3 Å². The van der Waals surface area contributed by atoms with Crippen molar-refractivity contribution < 1.29 is 8.42 Å². The zero-order valence-corrected chi connectivity index (χ0v) is 12.0. The van der Waals surface area contributed by atoms with Gasteiger partial charge in [-0.05, 0) is 44.5 Å². The van der Waals surface area contributed by atoms with Crippen molar-refractivity contribution in [1.82, 2.24) is 4.98 Å². The second-order valence-corrected chi connectivity index (χ2v) is 6.19. The molecule has 0 bridgehead atoms. The van der Waals surface area contributed by atoms with E-state index in [0.717, 1.165) is 16.8 Å². The van der Waals surface area contributed by atoms with Gasteiger partial charge in [-0.15, -0.1) is 0 Å². The van der Waals surface area contributed by atoms with E-state index in [9.17, 15) is 8.42 Å². The topological polar surface area (TPSA) is 59.1 Å². The van der Waals surface area contributed by atoms with Gasteiger partial charge in [0.1, 0.15) is 5.82 Å². The fraction of sp³-hybridized carbons (Fsp3) is 0.214. The van der Waals surface area contributed by atoms with Crippen LogP contribution in [0.1, 0.15) is 16.8 Å². The highest BCUT2D eigenvalue weighted by atomic mass is 32.2. The van der Waals surface area contributed by atoms with Gasteiger partial charge in [-0.25, -0.2) is 13.4 Å². The van der Waals surface area contributed by atoms with Gasteiger partial charge in [0.15, 0.2) is 0 Å². The van der Waals surface area contributed by atoms with Crippen molar-refractivity contribution in [2.24, 2.45) is 0 Å². The fourth-order valence-corrected chi connectivity index (χ4v) is 3.12. The average molecular weight is 276 g/mol. The molecule has 1 aromatic carbocycles. The molecule has 1 heterocycles. The van der Waals surface area contributed by atoms with E-state index in [-0.39, 0.29) is 4.90 Å². The lowest BCUT2D eigenvalue weighted by atomic mass is 10.2. The van der Waals surface area contributed by atoms with E-state index in [0.29, 0.717) is 5.82 Å². The van der Waals surface area contributed by atoms with Crippen LogP contribution >= 0.6 is 0 Å². The summed E-state index contributed by atoms with van der Waals surface area (Å²) < 4.78 is 27.1. The summed E-state index contributed by atoms with van der Waals surface area (Å²) in [6.45, 7) is 5.53. The van der Waals surface area contributed by atoms with E-state index >= 15 is 0 Å². The molecule has 0 atom stereocenters. The molecule has 0 aliphatic carbocycles. The summed E-state index contributed by atoms with van der Waals surface area (Å²) in [5.41, 5.74) is 2.52. The Labute approximate surface area is 113 Å². The maximum atomic E-state index is 12.3. The molecule has 100 valence electrons. The Balaban J connectivity index is 2.38. The van der Waals surface area contributed by atoms with E-state index in [2.05, 4.69) is 9.71 Å². The van der Waals surface area contributed by atoms with Gasteiger partial charge in [0.2, 0.25) is 0 Å². The summed E-state index contributed by atoms with van der Waals surface area (Å²) in [6.07, 6.45) is 0. The first-order valence-electron chi connectivity index (χ1n) is 5.92. The van der Waals surface area contributed by atoms with Crippen molar-refractivity contribution in [3.05, 3.63) is 53.2 Å². The quantitative estimate of drug-likeness (QED) is 0.937. The smallest absolute Gasteiger partial charge is 0.263 e. The van der Waals surface area contributed by atoms with E-state index < -0.39 is 10.0 Å². The monoisotopic (exact) mass is 276 g/mol. The van der Waals surface area contributed by atoms with Crippen LogP contribution in [0.5, 0.6) is 0 Å². The highest BCUT2D eigenvalue weighted by molar-refractivity contribution is 7.92. The highest BCUT2D eigenvalue weighted by Crippen LogP contribution is 2.19. The van der Waals surface area contributed by atoms with Gasteiger partial charge in [-0.1, -0.05) is 23.8 Å². The Morgan fingerprint density at radius 3 is 2.42 bits per heavy atom. The maximum absolute atomic E-state index is 12.3. The van der Waals surface area contributed by atoms with Crippen LogP contribution < -0.4 is 4.72 Å². The Morgan fingerprint density at radius 1 is 1.05 bits per heavy atom. The Morgan fingerprint density at radius 2 is 1.79 bits per heavy atom. The molecule has 5 heteroatoms. The first kappa shape index (κ1) is 13.5. The number of anilines is 1. The van der Waals surface area contributed by atoms with Crippen molar-refractivity contribution in [3.8, 4) is 0 Å². The Kier molecular flexibility index (Phi) is 3.57. The van der Waals surface area contributed by atoms with Gasteiger partial charge in [-0.2, -0.15) is 0 Å². The van der Waals surface area contributed by atoms with Crippen LogP contribution in [-0.4, -0.2) is 13.4 Å². The standard InChI is InChI=1S/C14H16N2O2S/c1-10-7-8-13(11(2)9-10)19(17,18)16-14-6-4-5-12(3)15-14/h4-9H,1-3H3,(H,15,16). The summed E-state index contributed by atoms with van der Waals surface area (Å²) in [7, 11) is -3.59. The van der Waals surface area contributed by atoms with Gasteiger partial charge in [0.05, 0.1) is 4.90 Å². The van der Waals surface area contributed by atoms with E-state index in [1.54, 1.807) is 31.2 Å². The minimum absolute atomic E-state index is 0.279. The van der Waals surface area contributed by atoms with Gasteiger partial charge in [-0.3, -0.25) is 4.72 Å². The maximum Gasteiger partial charge on any atom is 0.263 e. The van der Waals surface area contributed by atoms with Crippen LogP contribution in [0.3, 0.4) is 0 Å². The molecule has 0 saturated carbocycles. The third-order valence-corrected chi connectivity index (χ3v) is 4.26. The first-order chi connectivity index (χ1) is 8.88. The van der Waals surface area contributed by atoms with Gasteiger partial charge in [0.25, 0.3) is 10.0 Å². The number of rotatable bonds is 3. The number of benzene rings is 1. The molecule has 1 N–H and O–H groups in total. The third kappa shape index (κ3) is 3.12. The van der Waals surface area contributed by atoms with Crippen molar-refractivity contribution in [3.63, 3.8) is 0 Å². The summed E-state index contributed by atoms with van der Waals surface area (Å²) in [5.74, 6) is 0.333. The van der Waals surface area contributed by atoms with Crippen LogP contribution in [0.2, 0.25) is 0 Å². The normalized spacial score (nSPS) is 11.3. The molecule has 0 amide bonds. The first-order valence-corrected chi connectivity index (χ1v) is 7.40. The number of nitrogens with one attached hydrogen (secondary N) is 1. The lowest BCUT2D eigenvalue weighted by Gasteiger charge is -2.10. The Bertz CT molecular complexity index is 709. The molecular formula is C14H16N2O2S. The summed E-state index contributed by atoms with van der Waals surface area (Å²) >= 11 is 0. The van der Waals surface area contributed by atoms with E-state index in [1.807, 2.05) is 26.0 Å². The molecule has 0 spiro atoms. The zero-order valence-electron chi connectivity index (χ0n) is 11.1. The number of sulfonamides is 1. The second-order valence-electron chi connectivity index (χ2n) is 4.54. The van der Waals surface area contributed by atoms with Crippen molar-refractivity contribution in [2.75, 3.05) is 4.72 Å². The highest BCUT2D eigenvalue weighted by Gasteiger charge is 2.17. The molecule has 1 aromatic heterocycles. The molecule has 4 nitrogen and oxygen atoms in total. The largest absolute Gasteiger partial charge is 0.263 e. The number of aromatic nitrogens is 1. The van der Waals surface area contributed by atoms with Crippen LogP contribution in [-0.2, 0) is 10.0 Å². The van der Waals surface area contributed by atoms with Crippen molar-refractivity contribution in [1.29, 1.82) is 0 Å². The Hall–Kier alpha value is -1.88. The molecule has 0 unspecified atom stereocenters. The fourth-order valence-electron chi connectivity index (χ4n) is 1.89. The van der Waals surface area contributed by atoms with Crippen LogP contribution in [0.4, 0.5) is 5.82 Å². The van der Waals surface area contributed by atoms with E-state index in [4.69, 9.17) is 0 Å². The molecular weight excluding hydrogens is 260 g/mol. The van der Waals surface area contributed by atoms with Gasteiger partial charge in [0, 0.05) is 5.69 Å². The number of aryl methyl sites for hydroxylation is 3. The molecule has 0 aliphatic heterocycles. The second kappa shape index (κ2) is 5.01. The summed E-state index contributed by atoms with van der Waals surface area (Å²) in [4.78, 5) is 4.42. The minimum Gasteiger partial charge on any atom is -0.263 e. The third-order valence-electron chi connectivity index (χ3n) is 2.75. The SMILES string of the molecule is Cc1ccc(S(=O)(=O)Nc2cccc(C)n2)c(C)c1. The minimum atomic E-state index is -3.59. The van der Waals surface area contributed by atoms with Crippen molar-refractivity contribution >= 4 is 15.8 Å². The van der Waals surface area contributed by atoms with Crippen LogP contribution in [0, 0.1) is 20.8 Å². The molecule has 2 rings (SSSR count). The molecule has 0 saturated heterocycles. The van der Waals surface area contributed by atoms with E-state index in [1.165, 1.54) is 0 Å². The molecule has 2 aromatic rings.